The van der Waals surface area contributed by atoms with Crippen LogP contribution in [0.25, 0.3) is 0 Å². The van der Waals surface area contributed by atoms with Crippen LogP contribution in [0.1, 0.15) is 31.4 Å². The number of hydrogen-bond donors (Lipinski definition) is 0. The predicted molar refractivity (Wildman–Crippen MR) is 91.1 cm³/mol. The minimum Gasteiger partial charge on any atom is -0.466 e. The van der Waals surface area contributed by atoms with Crippen molar-refractivity contribution in [3.05, 3.63) is 38.9 Å². The molecule has 0 aliphatic heterocycles. The third-order valence-corrected chi connectivity index (χ3v) is 4.17. The van der Waals surface area contributed by atoms with Gasteiger partial charge in [-0.2, -0.15) is 0 Å². The summed E-state index contributed by atoms with van der Waals surface area (Å²) >= 11 is 5.99. The molecule has 0 saturated heterocycles. The highest BCUT2D eigenvalue weighted by Crippen LogP contribution is 2.35. The molecule has 128 valence electrons. The molecule has 23 heavy (non-hydrogen) atoms. The van der Waals surface area contributed by atoms with Crippen molar-refractivity contribution < 1.29 is 18.9 Å². The minimum absolute atomic E-state index is 0.0542. The molecule has 0 aromatic heterocycles. The lowest BCUT2D eigenvalue weighted by Crippen LogP contribution is -2.28. The third-order valence-electron chi connectivity index (χ3n) is 2.94. The highest BCUT2D eigenvalue weighted by molar-refractivity contribution is 6.69. The zero-order valence-electron chi connectivity index (χ0n) is 13.8. The van der Waals surface area contributed by atoms with E-state index in [1.54, 1.807) is 6.92 Å². The lowest BCUT2D eigenvalue weighted by molar-refractivity contribution is -0.386. The molecule has 0 bridgehead atoms. The maximum absolute atomic E-state index is 11.6. The molecule has 1 unspecified atom stereocenters. The summed E-state index contributed by atoms with van der Waals surface area (Å²) in [6.07, 6.45) is -0.123. The fourth-order valence-electron chi connectivity index (χ4n) is 2.14. The predicted octanol–water partition coefficient (Wildman–Crippen LogP) is 4.48. The maximum Gasteiger partial charge on any atom is 0.305 e. The normalized spacial score (nSPS) is 12.7. The lowest BCUT2D eigenvalue weighted by atomic mass is 10.0. The van der Waals surface area contributed by atoms with Crippen LogP contribution >= 0.6 is 11.6 Å². The molecule has 1 rings (SSSR count). The number of rotatable bonds is 8. The molecule has 8 heteroatoms. The number of hydrogen-bond acceptors (Lipinski definition) is 5. The first-order valence-electron chi connectivity index (χ1n) is 7.41. The van der Waals surface area contributed by atoms with Gasteiger partial charge in [-0.15, -0.1) is 0 Å². The van der Waals surface area contributed by atoms with Crippen LogP contribution in [0, 0.1) is 10.1 Å². The largest absolute Gasteiger partial charge is 0.466 e. The Bertz CT molecular complexity index is 573. The lowest BCUT2D eigenvalue weighted by Gasteiger charge is -2.26. The van der Waals surface area contributed by atoms with Gasteiger partial charge in [-0.3, -0.25) is 14.9 Å². The van der Waals surface area contributed by atoms with Crippen molar-refractivity contribution in [2.24, 2.45) is 0 Å². The van der Waals surface area contributed by atoms with Crippen LogP contribution in [-0.4, -0.2) is 25.8 Å². The van der Waals surface area contributed by atoms with Gasteiger partial charge in [0.15, 0.2) is 8.32 Å². The molecule has 0 radical (unpaired) electrons. The van der Waals surface area contributed by atoms with Crippen molar-refractivity contribution in [1.29, 1.82) is 0 Å². The highest BCUT2D eigenvalue weighted by Gasteiger charge is 2.28. The van der Waals surface area contributed by atoms with Gasteiger partial charge in [0.05, 0.1) is 23.2 Å². The average molecular weight is 360 g/mol. The summed E-state index contributed by atoms with van der Waals surface area (Å²) in [6, 6.07) is 4.37. The standard InChI is InChI=1S/C15H22ClNO5Si/c1-5-21-15(18)9-8-14(22-23(2,3)4)12-10-11(16)6-7-13(12)17(19)20/h6-7,10,14H,5,8-9H2,1-4H3. The molecule has 0 saturated carbocycles. The van der Waals surface area contributed by atoms with E-state index in [9.17, 15) is 14.9 Å². The van der Waals surface area contributed by atoms with E-state index in [1.807, 2.05) is 19.6 Å². The van der Waals surface area contributed by atoms with Crippen LogP contribution in [0.15, 0.2) is 18.2 Å². The molecular weight excluding hydrogens is 338 g/mol. The van der Waals surface area contributed by atoms with E-state index in [-0.39, 0.29) is 18.1 Å². The highest BCUT2D eigenvalue weighted by atomic mass is 35.5. The molecule has 0 spiro atoms. The van der Waals surface area contributed by atoms with E-state index in [0.717, 1.165) is 0 Å². The van der Waals surface area contributed by atoms with Crippen LogP contribution in [0.5, 0.6) is 0 Å². The Morgan fingerprint density at radius 2 is 2.04 bits per heavy atom. The SMILES string of the molecule is CCOC(=O)CCC(O[Si](C)(C)C)c1cc(Cl)ccc1[N+](=O)[O-]. The van der Waals surface area contributed by atoms with Crippen LogP contribution in [0.2, 0.25) is 24.7 Å². The number of nitro benzene ring substituents is 1. The second-order valence-electron chi connectivity index (χ2n) is 6.02. The molecule has 1 aromatic rings. The molecular formula is C15H22ClNO5Si. The van der Waals surface area contributed by atoms with E-state index in [2.05, 4.69) is 0 Å². The summed E-state index contributed by atoms with van der Waals surface area (Å²) in [4.78, 5) is 22.4. The minimum atomic E-state index is -1.99. The van der Waals surface area contributed by atoms with E-state index >= 15 is 0 Å². The van der Waals surface area contributed by atoms with Gasteiger partial charge < -0.3 is 9.16 Å². The number of nitrogens with zero attached hydrogens (tertiary/aromatic N) is 1. The van der Waals surface area contributed by atoms with Crippen LogP contribution in [0.3, 0.4) is 0 Å². The number of ether oxygens (including phenoxy) is 1. The van der Waals surface area contributed by atoms with E-state index in [4.69, 9.17) is 20.8 Å². The van der Waals surface area contributed by atoms with Gasteiger partial charge >= 0.3 is 5.97 Å². The molecule has 1 atom stereocenters. The average Bonchev–Trinajstić information content (AvgIpc) is 2.42. The Kier molecular flexibility index (Phi) is 7.18. The first-order valence-corrected chi connectivity index (χ1v) is 11.2. The van der Waals surface area contributed by atoms with Gasteiger partial charge in [-0.25, -0.2) is 0 Å². The van der Waals surface area contributed by atoms with Gasteiger partial charge in [0.1, 0.15) is 0 Å². The van der Waals surface area contributed by atoms with E-state index < -0.39 is 19.3 Å². The molecule has 0 fully saturated rings. The summed E-state index contributed by atoms with van der Waals surface area (Å²) in [7, 11) is -1.99. The van der Waals surface area contributed by atoms with Crippen LogP contribution < -0.4 is 0 Å². The first kappa shape index (κ1) is 19.6. The van der Waals surface area contributed by atoms with Crippen molar-refractivity contribution in [2.75, 3.05) is 6.61 Å². The zero-order chi connectivity index (χ0) is 17.6. The molecule has 0 aliphatic carbocycles. The summed E-state index contributed by atoms with van der Waals surface area (Å²) in [5.41, 5.74) is 0.343. The second-order valence-corrected chi connectivity index (χ2v) is 10.9. The van der Waals surface area contributed by atoms with Gasteiger partial charge in [0.25, 0.3) is 5.69 Å². The Morgan fingerprint density at radius 3 is 2.57 bits per heavy atom. The van der Waals surface area contributed by atoms with Crippen LogP contribution in [0.4, 0.5) is 5.69 Å². The van der Waals surface area contributed by atoms with Gasteiger partial charge in [-0.05, 0) is 45.1 Å². The molecule has 0 heterocycles. The number of halogens is 1. The number of benzene rings is 1. The Balaban J connectivity index is 3.11. The Hall–Kier alpha value is -1.44. The van der Waals surface area contributed by atoms with Gasteiger partial charge in [0, 0.05) is 17.5 Å². The summed E-state index contributed by atoms with van der Waals surface area (Å²) in [5.74, 6) is -0.346. The summed E-state index contributed by atoms with van der Waals surface area (Å²) < 4.78 is 11.0. The van der Waals surface area contributed by atoms with Crippen molar-refractivity contribution in [2.45, 2.75) is 45.5 Å². The molecule has 6 nitrogen and oxygen atoms in total. The van der Waals surface area contributed by atoms with Crippen molar-refractivity contribution in [1.82, 2.24) is 0 Å². The fraction of sp³-hybridized carbons (Fsp3) is 0.533. The third kappa shape index (κ3) is 6.68. The topological polar surface area (TPSA) is 78.7 Å². The van der Waals surface area contributed by atoms with E-state index in [1.165, 1.54) is 18.2 Å². The number of carbonyl (C=O) groups excluding carboxylic acids is 1. The quantitative estimate of drug-likeness (QED) is 0.296. The number of esters is 1. The van der Waals surface area contributed by atoms with Crippen molar-refractivity contribution in [3.8, 4) is 0 Å². The monoisotopic (exact) mass is 359 g/mol. The smallest absolute Gasteiger partial charge is 0.305 e. The fourth-order valence-corrected chi connectivity index (χ4v) is 3.42. The summed E-state index contributed by atoms with van der Waals surface area (Å²) in [6.45, 7) is 7.99. The number of carbonyl (C=O) groups is 1. The molecule has 0 aliphatic rings. The van der Waals surface area contributed by atoms with Gasteiger partial charge in [0.2, 0.25) is 0 Å². The Morgan fingerprint density at radius 1 is 1.39 bits per heavy atom. The maximum atomic E-state index is 11.6. The molecule has 0 N–H and O–H groups in total. The zero-order valence-corrected chi connectivity index (χ0v) is 15.6. The molecule has 1 aromatic carbocycles. The van der Waals surface area contributed by atoms with E-state index in [0.29, 0.717) is 23.6 Å². The van der Waals surface area contributed by atoms with Crippen molar-refractivity contribution >= 4 is 31.6 Å². The Labute approximate surface area is 142 Å². The van der Waals surface area contributed by atoms with Crippen molar-refractivity contribution in [3.63, 3.8) is 0 Å². The summed E-state index contributed by atoms with van der Waals surface area (Å²) in [5, 5.41) is 11.7. The second kappa shape index (κ2) is 8.42. The molecule has 0 amide bonds. The van der Waals surface area contributed by atoms with Gasteiger partial charge in [-0.1, -0.05) is 11.6 Å². The van der Waals surface area contributed by atoms with Crippen LogP contribution in [-0.2, 0) is 14.0 Å². The first-order chi connectivity index (χ1) is 10.6. The number of nitro groups is 1.